The smallest absolute Gasteiger partial charge is 0.232 e. The molecule has 0 radical (unpaired) electrons. The molecule has 1 unspecified atom stereocenters. The first-order chi connectivity index (χ1) is 22.9. The quantitative estimate of drug-likeness (QED) is 0.196. The summed E-state index contributed by atoms with van der Waals surface area (Å²) in [6.45, 7) is 3.94. The van der Waals surface area contributed by atoms with Crippen LogP contribution in [0, 0.1) is 11.2 Å². The van der Waals surface area contributed by atoms with Crippen LogP contribution >= 0.6 is 0 Å². The molecule has 0 fully saturated rings. The highest BCUT2D eigenvalue weighted by Crippen LogP contribution is 2.51. The van der Waals surface area contributed by atoms with E-state index >= 15 is 4.39 Å². The van der Waals surface area contributed by atoms with E-state index in [1.807, 2.05) is 44.2 Å². The van der Waals surface area contributed by atoms with Gasteiger partial charge in [-0.05, 0) is 59.9 Å². The number of methoxy groups -OCH3 is 2. The van der Waals surface area contributed by atoms with Crippen molar-refractivity contribution in [2.75, 3.05) is 35.9 Å². The molecule has 48 heavy (non-hydrogen) atoms. The maximum absolute atomic E-state index is 16.5. The van der Waals surface area contributed by atoms with Gasteiger partial charge in [0.1, 0.15) is 35.7 Å². The van der Waals surface area contributed by atoms with Crippen LogP contribution < -0.4 is 30.2 Å². The molecule has 2 aliphatic heterocycles. The maximum Gasteiger partial charge on any atom is 0.232 e. The van der Waals surface area contributed by atoms with Crippen LogP contribution in [0.4, 0.5) is 21.5 Å². The lowest BCUT2D eigenvalue weighted by Crippen LogP contribution is -2.42. The lowest BCUT2D eigenvalue weighted by Gasteiger charge is -2.37. The largest absolute Gasteiger partial charge is 0.497 e. The van der Waals surface area contributed by atoms with Gasteiger partial charge in [0.15, 0.2) is 9.84 Å². The van der Waals surface area contributed by atoms with Crippen LogP contribution in [0.3, 0.4) is 0 Å². The Kier molecular flexibility index (Phi) is 8.82. The van der Waals surface area contributed by atoms with Crippen LogP contribution in [0.5, 0.6) is 17.2 Å². The number of rotatable bonds is 8. The van der Waals surface area contributed by atoms with E-state index < -0.39 is 33.0 Å². The molecule has 11 heteroatoms. The number of benzene rings is 4. The number of nitrogen functional groups attached to an aromatic ring is 1. The molecule has 4 aromatic carbocycles. The molecule has 250 valence electrons. The van der Waals surface area contributed by atoms with Gasteiger partial charge in [-0.2, -0.15) is 0 Å². The fourth-order valence-electron chi connectivity index (χ4n) is 6.53. The summed E-state index contributed by atoms with van der Waals surface area (Å²) in [6, 6.07) is 22.5. The van der Waals surface area contributed by atoms with Crippen molar-refractivity contribution in [3.05, 3.63) is 118 Å². The Balaban J connectivity index is 1.53. The Morgan fingerprint density at radius 1 is 0.979 bits per heavy atom. The van der Waals surface area contributed by atoms with Crippen molar-refractivity contribution < 1.29 is 31.8 Å². The van der Waals surface area contributed by atoms with Crippen molar-refractivity contribution >= 4 is 32.8 Å². The molecule has 9 nitrogen and oxygen atoms in total. The molecule has 4 aromatic rings. The van der Waals surface area contributed by atoms with Crippen LogP contribution in [0.25, 0.3) is 0 Å². The summed E-state index contributed by atoms with van der Waals surface area (Å²) in [7, 11) is -1.03. The second kappa shape index (κ2) is 12.9. The van der Waals surface area contributed by atoms with Gasteiger partial charge in [0.25, 0.3) is 0 Å². The van der Waals surface area contributed by atoms with Crippen molar-refractivity contribution in [2.24, 2.45) is 5.41 Å². The number of ether oxygens (including phenoxy) is 3. The molecular weight excluding hydrogens is 633 g/mol. The summed E-state index contributed by atoms with van der Waals surface area (Å²) >= 11 is 0. The molecule has 0 saturated carbocycles. The number of sulfone groups is 1. The van der Waals surface area contributed by atoms with Crippen molar-refractivity contribution in [3.8, 4) is 17.2 Å². The van der Waals surface area contributed by atoms with Gasteiger partial charge in [-0.25, -0.2) is 12.8 Å². The number of nitrogens with zero attached hydrogens (tertiary/aromatic N) is 1. The molecule has 2 heterocycles. The summed E-state index contributed by atoms with van der Waals surface area (Å²) in [4.78, 5) is 16.0. The number of allylic oxidation sites excluding steroid dienone is 1. The van der Waals surface area contributed by atoms with Gasteiger partial charge < -0.3 is 25.3 Å². The third kappa shape index (κ3) is 6.42. The molecule has 0 aliphatic carbocycles. The molecular formula is C37H38FN3O6S. The molecule has 6 rings (SSSR count). The summed E-state index contributed by atoms with van der Waals surface area (Å²) in [5.74, 6) is -0.193. The Morgan fingerprint density at radius 3 is 2.44 bits per heavy atom. The van der Waals surface area contributed by atoms with Crippen molar-refractivity contribution in [2.45, 2.75) is 39.3 Å². The van der Waals surface area contributed by atoms with Crippen molar-refractivity contribution in [1.29, 1.82) is 0 Å². The number of nitrogens with one attached hydrogen (secondary N) is 1. The number of carbonyl (C=O) groups is 1. The summed E-state index contributed by atoms with van der Waals surface area (Å²) in [5, 5.41) is 3.29. The fraction of sp³-hybridized carbons (Fsp3) is 0.270. The Labute approximate surface area is 280 Å². The van der Waals surface area contributed by atoms with Gasteiger partial charge in [-0.3, -0.25) is 9.69 Å². The number of anilines is 3. The monoisotopic (exact) mass is 671 g/mol. The second-order valence-corrected chi connectivity index (χ2v) is 14.7. The van der Waals surface area contributed by atoms with Crippen molar-refractivity contribution in [1.82, 2.24) is 0 Å². The molecule has 3 N–H and O–H groups in total. The normalized spacial score (nSPS) is 17.8. The van der Waals surface area contributed by atoms with E-state index in [9.17, 15) is 13.2 Å². The van der Waals surface area contributed by atoms with Crippen molar-refractivity contribution in [3.63, 3.8) is 0 Å². The van der Waals surface area contributed by atoms with E-state index in [1.54, 1.807) is 42.5 Å². The third-order valence-corrected chi connectivity index (χ3v) is 10.9. The van der Waals surface area contributed by atoms with Crippen LogP contribution in [0.1, 0.15) is 43.0 Å². The van der Waals surface area contributed by atoms with Gasteiger partial charge in [0.05, 0.1) is 48.4 Å². The lowest BCUT2D eigenvalue weighted by molar-refractivity contribution is -0.118. The van der Waals surface area contributed by atoms with Gasteiger partial charge in [-0.1, -0.05) is 50.2 Å². The topological polar surface area (TPSA) is 120 Å². The van der Waals surface area contributed by atoms with E-state index in [0.717, 1.165) is 5.56 Å². The molecule has 1 amide bonds. The fourth-order valence-corrected chi connectivity index (χ4v) is 8.88. The summed E-state index contributed by atoms with van der Waals surface area (Å²) < 4.78 is 61.9. The summed E-state index contributed by atoms with van der Waals surface area (Å²) in [5.41, 5.74) is 8.62. The highest BCUT2D eigenvalue weighted by molar-refractivity contribution is 7.95. The zero-order valence-corrected chi connectivity index (χ0v) is 28.1. The minimum atomic E-state index is -4.04. The molecule has 0 bridgehead atoms. The standard InChI is InChI=1S/C37H38FN3O6S/c1-37(2)20-30-36(48(43,44)22-37)35(27-15-13-26(19-28(27)38)47-21-23-9-6-5-7-10-23)41(31-12-8-11-29(39)34(31)40-30)33(42)18-24-17-25(45-3)14-16-32(24)46-4/h5-17,19,35,40H,18,20-22,39H2,1-4H3. The zero-order valence-electron chi connectivity index (χ0n) is 27.2. The number of hydrogen-bond acceptors (Lipinski definition) is 8. The third-order valence-electron chi connectivity index (χ3n) is 8.60. The maximum atomic E-state index is 16.5. The molecule has 0 spiro atoms. The van der Waals surface area contributed by atoms with Gasteiger partial charge in [0, 0.05) is 22.9 Å². The van der Waals surface area contributed by atoms with Gasteiger partial charge >= 0.3 is 0 Å². The zero-order chi connectivity index (χ0) is 34.2. The average molecular weight is 672 g/mol. The van der Waals surface area contributed by atoms with Crippen LogP contribution in [-0.2, 0) is 27.7 Å². The van der Waals surface area contributed by atoms with Crippen LogP contribution in [-0.4, -0.2) is 34.3 Å². The minimum absolute atomic E-state index is 0.000809. The number of halogens is 1. The van der Waals surface area contributed by atoms with E-state index in [1.165, 1.54) is 31.3 Å². The number of para-hydroxylation sites is 1. The number of carbonyl (C=O) groups excluding carboxylic acids is 1. The summed E-state index contributed by atoms with van der Waals surface area (Å²) in [6.07, 6.45) is 0.122. The Morgan fingerprint density at radius 2 is 1.73 bits per heavy atom. The Bertz CT molecular complexity index is 2010. The van der Waals surface area contributed by atoms with Crippen LogP contribution in [0.2, 0.25) is 0 Å². The highest BCUT2D eigenvalue weighted by Gasteiger charge is 2.47. The first-order valence-corrected chi connectivity index (χ1v) is 17.2. The van der Waals surface area contributed by atoms with Gasteiger partial charge in [0.2, 0.25) is 5.91 Å². The van der Waals surface area contributed by atoms with E-state index in [2.05, 4.69) is 5.32 Å². The number of amides is 1. The number of nitrogens with two attached hydrogens (primary N) is 1. The lowest BCUT2D eigenvalue weighted by atomic mass is 9.88. The second-order valence-electron chi connectivity index (χ2n) is 12.8. The minimum Gasteiger partial charge on any atom is -0.497 e. The highest BCUT2D eigenvalue weighted by atomic mass is 32.2. The number of fused-ring (bicyclic) bond motifs is 1. The van der Waals surface area contributed by atoms with Crippen LogP contribution in [0.15, 0.2) is 95.5 Å². The first-order valence-electron chi connectivity index (χ1n) is 15.5. The first kappa shape index (κ1) is 32.9. The molecule has 1 atom stereocenters. The SMILES string of the molecule is COc1ccc(OC)c(CC(=O)N2c3cccc(N)c3NC3=C(C2c2ccc(OCc4ccccc4)cc2F)S(=O)(=O)CC(C)(C)C3)c1. The van der Waals surface area contributed by atoms with E-state index in [4.69, 9.17) is 19.9 Å². The molecule has 0 saturated heterocycles. The molecule has 2 aliphatic rings. The average Bonchev–Trinajstić information content (AvgIpc) is 3.19. The Hall–Kier alpha value is -5.03. The molecule has 0 aromatic heterocycles. The number of hydrogen-bond donors (Lipinski definition) is 2. The van der Waals surface area contributed by atoms with E-state index in [-0.39, 0.29) is 35.0 Å². The predicted molar refractivity (Wildman–Crippen MR) is 184 cm³/mol. The predicted octanol–water partition coefficient (Wildman–Crippen LogP) is 6.80. The van der Waals surface area contributed by atoms with Gasteiger partial charge in [-0.15, -0.1) is 0 Å². The van der Waals surface area contributed by atoms with E-state index in [0.29, 0.717) is 46.2 Å².